The van der Waals surface area contributed by atoms with Gasteiger partial charge < -0.3 is 10.2 Å². The minimum absolute atomic E-state index is 0. The SMILES string of the molecule is CN(C)CCNc1ccc([N+](=O)[O-])cc1[N+](=O)[O-].Cl. The molecule has 0 aliphatic rings. The molecule has 1 N–H and O–H groups in total. The summed E-state index contributed by atoms with van der Waals surface area (Å²) in [7, 11) is 3.76. The Morgan fingerprint density at radius 3 is 2.32 bits per heavy atom. The van der Waals surface area contributed by atoms with Crippen LogP contribution in [0.15, 0.2) is 18.2 Å². The molecule has 0 radical (unpaired) electrons. The summed E-state index contributed by atoms with van der Waals surface area (Å²) in [6, 6.07) is 3.55. The molecule has 0 aromatic heterocycles. The summed E-state index contributed by atoms with van der Waals surface area (Å²) < 4.78 is 0. The van der Waals surface area contributed by atoms with Gasteiger partial charge in [-0.05, 0) is 20.2 Å². The number of anilines is 1. The van der Waals surface area contributed by atoms with E-state index in [0.29, 0.717) is 13.1 Å². The molecule has 0 bridgehead atoms. The Hall–Kier alpha value is -1.93. The smallest absolute Gasteiger partial charge is 0.299 e. The van der Waals surface area contributed by atoms with Crippen molar-refractivity contribution in [3.8, 4) is 0 Å². The molecule has 0 atom stereocenters. The second-order valence-electron chi connectivity index (χ2n) is 3.95. The second kappa shape index (κ2) is 7.49. The fourth-order valence-electron chi connectivity index (χ4n) is 1.35. The lowest BCUT2D eigenvalue weighted by Crippen LogP contribution is -2.21. The highest BCUT2D eigenvalue weighted by molar-refractivity contribution is 5.85. The molecule has 0 spiro atoms. The topological polar surface area (TPSA) is 102 Å². The molecule has 1 rings (SSSR count). The van der Waals surface area contributed by atoms with E-state index < -0.39 is 9.85 Å². The van der Waals surface area contributed by atoms with E-state index in [9.17, 15) is 20.2 Å². The lowest BCUT2D eigenvalue weighted by atomic mass is 10.2. The highest BCUT2D eigenvalue weighted by Crippen LogP contribution is 2.28. The van der Waals surface area contributed by atoms with Crippen LogP contribution in [0, 0.1) is 20.2 Å². The molecule has 0 aliphatic carbocycles. The number of rotatable bonds is 6. The highest BCUT2D eigenvalue weighted by atomic mass is 35.5. The second-order valence-corrected chi connectivity index (χ2v) is 3.95. The van der Waals surface area contributed by atoms with Crippen molar-refractivity contribution in [2.75, 3.05) is 32.5 Å². The van der Waals surface area contributed by atoms with E-state index in [4.69, 9.17) is 0 Å². The number of nitrogens with one attached hydrogen (secondary N) is 1. The Bertz CT molecular complexity index is 467. The van der Waals surface area contributed by atoms with E-state index >= 15 is 0 Å². The molecule has 0 heterocycles. The summed E-state index contributed by atoms with van der Waals surface area (Å²) in [4.78, 5) is 22.0. The maximum Gasteiger partial charge on any atom is 0.299 e. The zero-order valence-electron chi connectivity index (χ0n) is 10.5. The molecule has 19 heavy (non-hydrogen) atoms. The first-order valence-electron chi connectivity index (χ1n) is 5.23. The van der Waals surface area contributed by atoms with Crippen LogP contribution in [0.25, 0.3) is 0 Å². The number of nitro groups is 2. The minimum Gasteiger partial charge on any atom is -0.378 e. The van der Waals surface area contributed by atoms with E-state index in [0.717, 1.165) is 6.07 Å². The minimum atomic E-state index is -0.656. The van der Waals surface area contributed by atoms with Crippen LogP contribution in [-0.2, 0) is 0 Å². The van der Waals surface area contributed by atoms with Gasteiger partial charge in [-0.2, -0.15) is 0 Å². The summed E-state index contributed by atoms with van der Waals surface area (Å²) >= 11 is 0. The first-order valence-corrected chi connectivity index (χ1v) is 5.23. The number of hydrogen-bond donors (Lipinski definition) is 1. The largest absolute Gasteiger partial charge is 0.378 e. The zero-order valence-corrected chi connectivity index (χ0v) is 11.3. The summed E-state index contributed by atoms with van der Waals surface area (Å²) in [6.07, 6.45) is 0. The third kappa shape index (κ3) is 5.06. The standard InChI is InChI=1S/C10H14N4O4.ClH/c1-12(2)6-5-11-9-4-3-8(13(15)16)7-10(9)14(17)18;/h3-4,7,11H,5-6H2,1-2H3;1H. The van der Waals surface area contributed by atoms with E-state index in [1.54, 1.807) is 0 Å². The van der Waals surface area contributed by atoms with Crippen LogP contribution in [0.1, 0.15) is 0 Å². The van der Waals surface area contributed by atoms with Gasteiger partial charge in [0.1, 0.15) is 5.69 Å². The molecule has 9 heteroatoms. The van der Waals surface area contributed by atoms with Gasteiger partial charge in [0.05, 0.1) is 15.9 Å². The normalized spacial score (nSPS) is 9.84. The number of halogens is 1. The fourth-order valence-corrected chi connectivity index (χ4v) is 1.35. The summed E-state index contributed by atoms with van der Waals surface area (Å²) in [5.74, 6) is 0. The highest BCUT2D eigenvalue weighted by Gasteiger charge is 2.18. The Kier molecular flexibility index (Phi) is 6.73. The Labute approximate surface area is 116 Å². The molecule has 8 nitrogen and oxygen atoms in total. The van der Waals surface area contributed by atoms with Gasteiger partial charge in [-0.1, -0.05) is 0 Å². The molecule has 0 saturated heterocycles. The van der Waals surface area contributed by atoms with Crippen molar-refractivity contribution in [2.24, 2.45) is 0 Å². The first-order chi connectivity index (χ1) is 8.41. The number of nitro benzene ring substituents is 2. The van der Waals surface area contributed by atoms with Crippen LogP contribution in [0.5, 0.6) is 0 Å². The van der Waals surface area contributed by atoms with Gasteiger partial charge in [-0.25, -0.2) is 0 Å². The van der Waals surface area contributed by atoms with Crippen LogP contribution >= 0.6 is 12.4 Å². The quantitative estimate of drug-likeness (QED) is 0.634. The van der Waals surface area contributed by atoms with Gasteiger partial charge in [-0.15, -0.1) is 12.4 Å². The van der Waals surface area contributed by atoms with Gasteiger partial charge in [0, 0.05) is 19.2 Å². The monoisotopic (exact) mass is 290 g/mol. The Balaban J connectivity index is 0.00000324. The van der Waals surface area contributed by atoms with Crippen LogP contribution in [0.2, 0.25) is 0 Å². The van der Waals surface area contributed by atoms with Crippen molar-refractivity contribution >= 4 is 29.5 Å². The van der Waals surface area contributed by atoms with Gasteiger partial charge >= 0.3 is 0 Å². The summed E-state index contributed by atoms with van der Waals surface area (Å²) in [5.41, 5.74) is -0.296. The van der Waals surface area contributed by atoms with Crippen LogP contribution < -0.4 is 5.32 Å². The average Bonchev–Trinajstić information content (AvgIpc) is 2.28. The van der Waals surface area contributed by atoms with Crippen molar-refractivity contribution in [1.29, 1.82) is 0 Å². The van der Waals surface area contributed by atoms with Crippen molar-refractivity contribution in [3.05, 3.63) is 38.4 Å². The maximum absolute atomic E-state index is 10.8. The van der Waals surface area contributed by atoms with Crippen molar-refractivity contribution in [1.82, 2.24) is 4.90 Å². The van der Waals surface area contributed by atoms with Gasteiger partial charge in [0.15, 0.2) is 0 Å². The molecule has 0 saturated carbocycles. The summed E-state index contributed by atoms with van der Waals surface area (Å²) in [5, 5.41) is 24.3. The van der Waals surface area contributed by atoms with Crippen molar-refractivity contribution < 1.29 is 9.85 Å². The maximum atomic E-state index is 10.8. The van der Waals surface area contributed by atoms with Gasteiger partial charge in [-0.3, -0.25) is 20.2 Å². The summed E-state index contributed by atoms with van der Waals surface area (Å²) in [6.45, 7) is 1.22. The average molecular weight is 291 g/mol. The molecular formula is C10H15ClN4O4. The van der Waals surface area contributed by atoms with Gasteiger partial charge in [0.2, 0.25) is 0 Å². The molecule has 0 aliphatic heterocycles. The van der Waals surface area contributed by atoms with Crippen molar-refractivity contribution in [3.63, 3.8) is 0 Å². The Morgan fingerprint density at radius 1 is 1.21 bits per heavy atom. The van der Waals surface area contributed by atoms with E-state index in [-0.39, 0.29) is 29.5 Å². The lowest BCUT2D eigenvalue weighted by Gasteiger charge is -2.11. The zero-order chi connectivity index (χ0) is 13.7. The van der Waals surface area contributed by atoms with Crippen LogP contribution in [0.4, 0.5) is 17.1 Å². The third-order valence-corrected chi connectivity index (χ3v) is 2.26. The first kappa shape index (κ1) is 17.1. The predicted molar refractivity (Wildman–Crippen MR) is 74.0 cm³/mol. The number of nitrogens with zero attached hydrogens (tertiary/aromatic N) is 3. The van der Waals surface area contributed by atoms with Crippen LogP contribution in [0.3, 0.4) is 0 Å². The van der Waals surface area contributed by atoms with Crippen LogP contribution in [-0.4, -0.2) is 41.9 Å². The van der Waals surface area contributed by atoms with E-state index in [1.807, 2.05) is 19.0 Å². The third-order valence-electron chi connectivity index (χ3n) is 2.26. The molecule has 0 amide bonds. The Morgan fingerprint density at radius 2 is 1.84 bits per heavy atom. The lowest BCUT2D eigenvalue weighted by molar-refractivity contribution is -0.393. The number of likely N-dealkylation sites (N-methyl/N-ethyl adjacent to an activating group) is 1. The number of hydrogen-bond acceptors (Lipinski definition) is 6. The predicted octanol–water partition coefficient (Wildman–Crippen LogP) is 1.90. The molecule has 0 fully saturated rings. The molecule has 0 unspecified atom stereocenters. The van der Waals surface area contributed by atoms with Gasteiger partial charge in [0.25, 0.3) is 11.4 Å². The van der Waals surface area contributed by atoms with E-state index in [1.165, 1.54) is 12.1 Å². The number of benzene rings is 1. The number of non-ortho nitro benzene ring substituents is 1. The fraction of sp³-hybridized carbons (Fsp3) is 0.400. The van der Waals surface area contributed by atoms with E-state index in [2.05, 4.69) is 5.32 Å². The molecule has 1 aromatic rings. The molecular weight excluding hydrogens is 276 g/mol. The van der Waals surface area contributed by atoms with Crippen molar-refractivity contribution in [2.45, 2.75) is 0 Å². The molecule has 106 valence electrons. The molecule has 1 aromatic carbocycles.